The van der Waals surface area contributed by atoms with Gasteiger partial charge in [-0.2, -0.15) is 0 Å². The smallest absolute Gasteiger partial charge is 0.298 e. The molecule has 148 valence electrons. The van der Waals surface area contributed by atoms with Gasteiger partial charge in [-0.15, -0.1) is 0 Å². The molecule has 1 aliphatic heterocycles. The van der Waals surface area contributed by atoms with Crippen molar-refractivity contribution in [2.75, 3.05) is 18.4 Å². The van der Waals surface area contributed by atoms with Gasteiger partial charge in [0.05, 0.1) is 11.3 Å². The number of piperidine rings is 1. The summed E-state index contributed by atoms with van der Waals surface area (Å²) in [5, 5.41) is 2.65. The van der Waals surface area contributed by atoms with E-state index in [2.05, 4.69) is 5.32 Å². The van der Waals surface area contributed by atoms with Gasteiger partial charge in [0.2, 0.25) is 5.91 Å². The first-order valence-electron chi connectivity index (χ1n) is 9.06. The van der Waals surface area contributed by atoms with Crippen molar-refractivity contribution >= 4 is 34.9 Å². The van der Waals surface area contributed by atoms with Gasteiger partial charge >= 0.3 is 0 Å². The second-order valence-electron chi connectivity index (χ2n) is 6.76. The molecule has 0 unspecified atom stereocenters. The summed E-state index contributed by atoms with van der Waals surface area (Å²) in [5.41, 5.74) is 0.452. The number of furan rings is 1. The molecule has 1 aromatic heterocycles. The number of carbonyl (C=O) groups excluding carboxylic acids is 3. The van der Waals surface area contributed by atoms with E-state index in [1.165, 1.54) is 35.4 Å². The van der Waals surface area contributed by atoms with E-state index in [0.717, 1.165) is 12.8 Å². The number of nitrogens with one attached hydrogen (secondary N) is 1. The second kappa shape index (κ2) is 9.01. The summed E-state index contributed by atoms with van der Waals surface area (Å²) < 4.78 is 18.1. The molecule has 2 aromatic rings. The van der Waals surface area contributed by atoms with Crippen molar-refractivity contribution < 1.29 is 23.2 Å². The first-order chi connectivity index (χ1) is 13.4. The molecule has 0 atom stereocenters. The number of rotatable bonds is 6. The van der Waals surface area contributed by atoms with Crippen LogP contribution in [0.4, 0.5) is 10.1 Å². The molecule has 28 heavy (non-hydrogen) atoms. The molecular weight excluding hydrogens is 387 g/mol. The van der Waals surface area contributed by atoms with Crippen molar-refractivity contribution in [3.8, 4) is 0 Å². The standard InChI is InChI=1S/C20H20ClFN2O4/c21-15-12-14(4-5-16(15)22)23-18(25)6-3-13-7-9-24(10-8-13)20(27)19(26)17-2-1-11-28-17/h1-2,4-5,11-13H,3,6-10H2,(H,23,25). The average Bonchev–Trinajstić information content (AvgIpc) is 3.23. The minimum absolute atomic E-state index is 0.0427. The molecule has 3 rings (SSSR count). The third-order valence-electron chi connectivity index (χ3n) is 4.82. The summed E-state index contributed by atoms with van der Waals surface area (Å²) in [6.07, 6.45) is 3.81. The molecule has 6 nitrogen and oxygen atoms in total. The van der Waals surface area contributed by atoms with Gasteiger partial charge in [-0.1, -0.05) is 11.6 Å². The van der Waals surface area contributed by atoms with Crippen molar-refractivity contribution in [3.05, 3.63) is 53.2 Å². The monoisotopic (exact) mass is 406 g/mol. The fraction of sp³-hybridized carbons (Fsp3) is 0.350. The molecule has 0 spiro atoms. The van der Waals surface area contributed by atoms with Gasteiger partial charge in [-0.05, 0) is 55.5 Å². The lowest BCUT2D eigenvalue weighted by Crippen LogP contribution is -2.42. The molecule has 0 radical (unpaired) electrons. The zero-order valence-electron chi connectivity index (χ0n) is 15.1. The number of nitrogens with zero attached hydrogens (tertiary/aromatic N) is 1. The number of benzene rings is 1. The van der Waals surface area contributed by atoms with Crippen LogP contribution >= 0.6 is 11.6 Å². The Morgan fingerprint density at radius 1 is 1.21 bits per heavy atom. The number of likely N-dealkylation sites (tertiary alicyclic amines) is 1. The number of amides is 2. The van der Waals surface area contributed by atoms with Crippen molar-refractivity contribution in [1.29, 1.82) is 0 Å². The maximum atomic E-state index is 13.1. The van der Waals surface area contributed by atoms with Crippen LogP contribution in [0.25, 0.3) is 0 Å². The van der Waals surface area contributed by atoms with E-state index < -0.39 is 17.5 Å². The zero-order valence-corrected chi connectivity index (χ0v) is 15.9. The van der Waals surface area contributed by atoms with Crippen LogP contribution in [0.5, 0.6) is 0 Å². The molecule has 2 amide bonds. The van der Waals surface area contributed by atoms with Crippen molar-refractivity contribution in [3.63, 3.8) is 0 Å². The molecule has 8 heteroatoms. The molecule has 1 aliphatic rings. The van der Waals surface area contributed by atoms with Crippen molar-refractivity contribution in [2.24, 2.45) is 5.92 Å². The molecule has 1 saturated heterocycles. The van der Waals surface area contributed by atoms with E-state index in [9.17, 15) is 18.8 Å². The fourth-order valence-electron chi connectivity index (χ4n) is 3.21. The van der Waals surface area contributed by atoms with Crippen LogP contribution in [0.2, 0.25) is 5.02 Å². The van der Waals surface area contributed by atoms with Gasteiger partial charge in [0.15, 0.2) is 5.76 Å². The first-order valence-corrected chi connectivity index (χ1v) is 9.44. The first kappa shape index (κ1) is 20.1. The third kappa shape index (κ3) is 4.98. The van der Waals surface area contributed by atoms with Gasteiger partial charge in [0.25, 0.3) is 11.7 Å². The highest BCUT2D eigenvalue weighted by molar-refractivity contribution is 6.41. The number of hydrogen-bond acceptors (Lipinski definition) is 4. The van der Waals surface area contributed by atoms with Crippen LogP contribution in [0.15, 0.2) is 41.0 Å². The maximum absolute atomic E-state index is 13.1. The van der Waals surface area contributed by atoms with E-state index in [4.69, 9.17) is 16.0 Å². The highest BCUT2D eigenvalue weighted by Crippen LogP contribution is 2.24. The van der Waals surface area contributed by atoms with Crippen LogP contribution in [0.1, 0.15) is 36.2 Å². The van der Waals surface area contributed by atoms with Gasteiger partial charge < -0.3 is 14.6 Å². The third-order valence-corrected chi connectivity index (χ3v) is 5.11. The number of halogens is 2. The topological polar surface area (TPSA) is 79.6 Å². The maximum Gasteiger partial charge on any atom is 0.298 e. The fourth-order valence-corrected chi connectivity index (χ4v) is 3.39. The lowest BCUT2D eigenvalue weighted by molar-refractivity contribution is -0.128. The van der Waals surface area contributed by atoms with Crippen LogP contribution in [0.3, 0.4) is 0 Å². The Labute approximate surface area is 166 Å². The average molecular weight is 407 g/mol. The van der Waals surface area contributed by atoms with E-state index in [0.29, 0.717) is 37.5 Å². The Kier molecular flexibility index (Phi) is 6.46. The van der Waals surface area contributed by atoms with E-state index in [1.54, 1.807) is 6.07 Å². The van der Waals surface area contributed by atoms with E-state index in [-0.39, 0.29) is 16.7 Å². The number of Topliss-reactive ketones (excluding diaryl/α,β-unsaturated/α-hetero) is 1. The number of hydrogen-bond donors (Lipinski definition) is 1. The van der Waals surface area contributed by atoms with Crippen LogP contribution < -0.4 is 5.32 Å². The van der Waals surface area contributed by atoms with Gasteiger partial charge in [0.1, 0.15) is 5.82 Å². The Morgan fingerprint density at radius 3 is 2.61 bits per heavy atom. The normalized spacial score (nSPS) is 14.7. The summed E-state index contributed by atoms with van der Waals surface area (Å²) in [7, 11) is 0. The summed E-state index contributed by atoms with van der Waals surface area (Å²) in [6, 6.07) is 7.07. The summed E-state index contributed by atoms with van der Waals surface area (Å²) in [4.78, 5) is 37.9. The molecule has 2 heterocycles. The largest absolute Gasteiger partial charge is 0.461 e. The van der Waals surface area contributed by atoms with E-state index in [1.807, 2.05) is 0 Å². The molecule has 0 saturated carbocycles. The van der Waals surface area contributed by atoms with Crippen molar-refractivity contribution in [2.45, 2.75) is 25.7 Å². The number of anilines is 1. The molecular formula is C20H20ClFN2O4. The quantitative estimate of drug-likeness (QED) is 0.582. The van der Waals surface area contributed by atoms with Gasteiger partial charge in [0, 0.05) is 25.2 Å². The van der Waals surface area contributed by atoms with Crippen LogP contribution in [-0.4, -0.2) is 35.6 Å². The second-order valence-corrected chi connectivity index (χ2v) is 7.16. The Balaban J connectivity index is 1.41. The van der Waals surface area contributed by atoms with Gasteiger partial charge in [-0.25, -0.2) is 4.39 Å². The lowest BCUT2D eigenvalue weighted by atomic mass is 9.92. The number of carbonyl (C=O) groups is 3. The Morgan fingerprint density at radius 2 is 1.96 bits per heavy atom. The molecule has 0 aliphatic carbocycles. The lowest BCUT2D eigenvalue weighted by Gasteiger charge is -2.31. The van der Waals surface area contributed by atoms with Crippen LogP contribution in [-0.2, 0) is 9.59 Å². The summed E-state index contributed by atoms with van der Waals surface area (Å²) in [6.45, 7) is 0.955. The summed E-state index contributed by atoms with van der Waals surface area (Å²) in [5.74, 6) is -1.56. The predicted molar refractivity (Wildman–Crippen MR) is 102 cm³/mol. The summed E-state index contributed by atoms with van der Waals surface area (Å²) >= 11 is 5.70. The highest BCUT2D eigenvalue weighted by Gasteiger charge is 2.29. The van der Waals surface area contributed by atoms with E-state index >= 15 is 0 Å². The minimum Gasteiger partial charge on any atom is -0.461 e. The minimum atomic E-state index is -0.638. The van der Waals surface area contributed by atoms with Gasteiger partial charge in [-0.3, -0.25) is 14.4 Å². The van der Waals surface area contributed by atoms with Crippen molar-refractivity contribution in [1.82, 2.24) is 4.90 Å². The molecule has 1 aromatic carbocycles. The molecule has 1 N–H and O–H groups in total. The predicted octanol–water partition coefficient (Wildman–Crippen LogP) is 3.91. The Bertz CT molecular complexity index is 861. The van der Waals surface area contributed by atoms with Crippen LogP contribution in [0, 0.1) is 11.7 Å². The molecule has 0 bridgehead atoms. The molecule has 1 fully saturated rings. The SMILES string of the molecule is O=C(CCC1CCN(C(=O)C(=O)c2ccco2)CC1)Nc1ccc(F)c(Cl)c1. The zero-order chi connectivity index (χ0) is 20.1. The highest BCUT2D eigenvalue weighted by atomic mass is 35.5. The Hall–Kier alpha value is -2.67. The number of ketones is 1.